The molecule has 19 heavy (non-hydrogen) atoms. The number of halogens is 2. The van der Waals surface area contributed by atoms with Crippen LogP contribution in [0, 0.1) is 6.92 Å². The Balaban J connectivity index is 2.40. The van der Waals surface area contributed by atoms with Gasteiger partial charge in [-0.3, -0.25) is 0 Å². The first-order chi connectivity index (χ1) is 9.13. The van der Waals surface area contributed by atoms with Crippen molar-refractivity contribution < 1.29 is 4.42 Å². The summed E-state index contributed by atoms with van der Waals surface area (Å²) < 4.78 is 5.40. The van der Waals surface area contributed by atoms with E-state index in [2.05, 4.69) is 12.2 Å². The summed E-state index contributed by atoms with van der Waals surface area (Å²) in [7, 11) is 0. The summed E-state index contributed by atoms with van der Waals surface area (Å²) in [6, 6.07) is 7.61. The van der Waals surface area contributed by atoms with E-state index in [-0.39, 0.29) is 6.04 Å². The molecule has 0 spiro atoms. The largest absolute Gasteiger partial charge is 0.469 e. The second kappa shape index (κ2) is 6.47. The molecule has 0 bridgehead atoms. The lowest BCUT2D eigenvalue weighted by Gasteiger charge is -2.20. The summed E-state index contributed by atoms with van der Waals surface area (Å²) in [5, 5.41) is 4.82. The molecule has 0 aliphatic rings. The first-order valence-electron chi connectivity index (χ1n) is 6.35. The van der Waals surface area contributed by atoms with Crippen LogP contribution in [0.5, 0.6) is 0 Å². The highest BCUT2D eigenvalue weighted by Crippen LogP contribution is 2.32. The van der Waals surface area contributed by atoms with Crippen LogP contribution in [0.2, 0.25) is 10.0 Å². The number of hydrogen-bond donors (Lipinski definition) is 1. The van der Waals surface area contributed by atoms with Crippen LogP contribution in [0.4, 0.5) is 0 Å². The summed E-state index contributed by atoms with van der Waals surface area (Å²) in [6.45, 7) is 5.00. The minimum atomic E-state index is 0.0310. The number of furan rings is 1. The summed E-state index contributed by atoms with van der Waals surface area (Å²) in [6.07, 6.45) is 2.76. The number of aryl methyl sites for hydroxylation is 1. The summed E-state index contributed by atoms with van der Waals surface area (Å²) in [5.41, 5.74) is 2.13. The van der Waals surface area contributed by atoms with E-state index in [1.165, 1.54) is 0 Å². The summed E-state index contributed by atoms with van der Waals surface area (Å²) in [5.74, 6) is 0.902. The normalized spacial score (nSPS) is 12.6. The highest BCUT2D eigenvalue weighted by atomic mass is 35.5. The van der Waals surface area contributed by atoms with Crippen molar-refractivity contribution in [2.45, 2.75) is 26.3 Å². The van der Waals surface area contributed by atoms with E-state index in [1.54, 1.807) is 12.3 Å². The van der Waals surface area contributed by atoms with Crippen molar-refractivity contribution >= 4 is 23.2 Å². The van der Waals surface area contributed by atoms with Crippen molar-refractivity contribution in [1.29, 1.82) is 0 Å². The van der Waals surface area contributed by atoms with E-state index in [0.29, 0.717) is 10.0 Å². The van der Waals surface area contributed by atoms with E-state index < -0.39 is 0 Å². The van der Waals surface area contributed by atoms with Crippen LogP contribution in [0.25, 0.3) is 0 Å². The van der Waals surface area contributed by atoms with Gasteiger partial charge in [-0.1, -0.05) is 36.2 Å². The van der Waals surface area contributed by atoms with Crippen LogP contribution in [0.15, 0.2) is 34.9 Å². The Labute approximate surface area is 123 Å². The van der Waals surface area contributed by atoms with E-state index in [0.717, 1.165) is 29.9 Å². The fourth-order valence-electron chi connectivity index (χ4n) is 2.11. The van der Waals surface area contributed by atoms with Gasteiger partial charge >= 0.3 is 0 Å². The Hall–Kier alpha value is -0.960. The van der Waals surface area contributed by atoms with Gasteiger partial charge in [0, 0.05) is 15.6 Å². The molecule has 2 nitrogen and oxygen atoms in total. The van der Waals surface area contributed by atoms with Crippen LogP contribution >= 0.6 is 23.2 Å². The fourth-order valence-corrected chi connectivity index (χ4v) is 2.62. The smallest absolute Gasteiger partial charge is 0.105 e. The molecule has 0 aliphatic carbocycles. The molecule has 1 atom stereocenters. The predicted octanol–water partition coefficient (Wildman–Crippen LogP) is 4.98. The van der Waals surface area contributed by atoms with Crippen molar-refractivity contribution in [3.63, 3.8) is 0 Å². The van der Waals surface area contributed by atoms with Crippen molar-refractivity contribution in [3.8, 4) is 0 Å². The van der Waals surface area contributed by atoms with Crippen LogP contribution in [0.1, 0.15) is 36.3 Å². The zero-order chi connectivity index (χ0) is 13.8. The molecule has 1 N–H and O–H groups in total. The van der Waals surface area contributed by atoms with Crippen LogP contribution in [0.3, 0.4) is 0 Å². The van der Waals surface area contributed by atoms with Crippen molar-refractivity contribution in [2.75, 3.05) is 6.54 Å². The van der Waals surface area contributed by atoms with E-state index in [9.17, 15) is 0 Å². The van der Waals surface area contributed by atoms with Gasteiger partial charge in [0.1, 0.15) is 5.76 Å². The van der Waals surface area contributed by atoms with Gasteiger partial charge < -0.3 is 9.73 Å². The van der Waals surface area contributed by atoms with Gasteiger partial charge in [-0.2, -0.15) is 0 Å². The first-order valence-corrected chi connectivity index (χ1v) is 7.11. The number of nitrogens with one attached hydrogen (secondary N) is 1. The molecule has 102 valence electrons. The third kappa shape index (κ3) is 3.33. The number of rotatable bonds is 5. The monoisotopic (exact) mass is 297 g/mol. The predicted molar refractivity (Wildman–Crippen MR) is 80.0 cm³/mol. The average Bonchev–Trinajstić information content (AvgIpc) is 2.78. The van der Waals surface area contributed by atoms with Crippen LogP contribution < -0.4 is 5.32 Å². The van der Waals surface area contributed by atoms with Crippen molar-refractivity contribution in [1.82, 2.24) is 5.32 Å². The highest BCUT2D eigenvalue weighted by molar-refractivity contribution is 6.35. The van der Waals surface area contributed by atoms with Gasteiger partial charge in [0.2, 0.25) is 0 Å². The molecule has 0 aliphatic heterocycles. The summed E-state index contributed by atoms with van der Waals surface area (Å²) >= 11 is 12.3. The van der Waals surface area contributed by atoms with Gasteiger partial charge in [0.25, 0.3) is 0 Å². The molecule has 4 heteroatoms. The Morgan fingerprint density at radius 2 is 2.00 bits per heavy atom. The maximum atomic E-state index is 6.32. The van der Waals surface area contributed by atoms with E-state index >= 15 is 0 Å². The Morgan fingerprint density at radius 1 is 1.21 bits per heavy atom. The lowest BCUT2D eigenvalue weighted by molar-refractivity contribution is 0.517. The lowest BCUT2D eigenvalue weighted by Crippen LogP contribution is -2.23. The Bertz CT molecular complexity index is 551. The number of benzene rings is 1. The molecule has 1 unspecified atom stereocenters. The van der Waals surface area contributed by atoms with Crippen molar-refractivity contribution in [3.05, 3.63) is 57.5 Å². The Morgan fingerprint density at radius 3 is 2.58 bits per heavy atom. The molecule has 0 amide bonds. The van der Waals surface area contributed by atoms with Gasteiger partial charge in [-0.05, 0) is 43.7 Å². The second-order valence-corrected chi connectivity index (χ2v) is 5.33. The van der Waals surface area contributed by atoms with Gasteiger partial charge in [-0.15, -0.1) is 0 Å². The topological polar surface area (TPSA) is 25.2 Å². The molecular formula is C15H17Cl2NO. The molecule has 2 aromatic rings. The van der Waals surface area contributed by atoms with E-state index in [4.69, 9.17) is 27.6 Å². The molecule has 2 rings (SSSR count). The molecule has 1 aromatic carbocycles. The minimum absolute atomic E-state index is 0.0310. The highest BCUT2D eigenvalue weighted by Gasteiger charge is 2.19. The van der Waals surface area contributed by atoms with Crippen molar-refractivity contribution in [2.24, 2.45) is 0 Å². The maximum absolute atomic E-state index is 6.32. The fraction of sp³-hybridized carbons (Fsp3) is 0.333. The molecule has 0 saturated carbocycles. The minimum Gasteiger partial charge on any atom is -0.469 e. The maximum Gasteiger partial charge on any atom is 0.105 e. The third-order valence-corrected chi connectivity index (χ3v) is 3.64. The SMILES string of the molecule is CCCNC(c1ccc(Cl)cc1Cl)c1ccoc1C. The van der Waals surface area contributed by atoms with E-state index in [1.807, 2.05) is 25.1 Å². The molecule has 1 heterocycles. The zero-order valence-corrected chi connectivity index (χ0v) is 12.6. The summed E-state index contributed by atoms with van der Waals surface area (Å²) in [4.78, 5) is 0. The second-order valence-electron chi connectivity index (χ2n) is 4.49. The zero-order valence-electron chi connectivity index (χ0n) is 11.0. The van der Waals surface area contributed by atoms with Gasteiger partial charge in [0.15, 0.2) is 0 Å². The van der Waals surface area contributed by atoms with Crippen LogP contribution in [-0.4, -0.2) is 6.54 Å². The van der Waals surface area contributed by atoms with Gasteiger partial charge in [0.05, 0.1) is 12.3 Å². The average molecular weight is 298 g/mol. The molecule has 0 radical (unpaired) electrons. The first kappa shape index (κ1) is 14.4. The third-order valence-electron chi connectivity index (χ3n) is 3.08. The molecule has 1 aromatic heterocycles. The molecular weight excluding hydrogens is 281 g/mol. The van der Waals surface area contributed by atoms with Crippen LogP contribution in [-0.2, 0) is 0 Å². The molecule has 0 fully saturated rings. The number of hydrogen-bond acceptors (Lipinski definition) is 2. The Kier molecular flexibility index (Phi) is 4.92. The lowest BCUT2D eigenvalue weighted by atomic mass is 9.99. The van der Waals surface area contributed by atoms with Gasteiger partial charge in [-0.25, -0.2) is 0 Å². The standard InChI is InChI=1S/C15H17Cl2NO/c1-3-7-18-15(12-6-8-19-10(12)2)13-5-4-11(16)9-14(13)17/h4-6,8-9,15,18H,3,7H2,1-2H3. The molecule has 0 saturated heterocycles. The quantitative estimate of drug-likeness (QED) is 0.841.